The third-order valence-corrected chi connectivity index (χ3v) is 5.10. The van der Waals surface area contributed by atoms with Crippen molar-refractivity contribution in [1.29, 1.82) is 0 Å². The number of likely N-dealkylation sites (tertiary alicyclic amines) is 1. The standard InChI is InChI=1S/C16H22BrNO3/c1-10-7-12(16(20)21)8-11(2)18(10)9-15(19)13-5-3-4-6-14(13)17/h3-6,10-12,15,19H,7-9H2,1-2H3,(H,20,21). The van der Waals surface area contributed by atoms with Gasteiger partial charge in [0.2, 0.25) is 0 Å². The average Bonchev–Trinajstić information content (AvgIpc) is 2.42. The van der Waals surface area contributed by atoms with Gasteiger partial charge >= 0.3 is 5.97 Å². The summed E-state index contributed by atoms with van der Waals surface area (Å²) >= 11 is 3.46. The van der Waals surface area contributed by atoms with E-state index in [-0.39, 0.29) is 18.0 Å². The van der Waals surface area contributed by atoms with Crippen LogP contribution in [0.2, 0.25) is 0 Å². The molecule has 1 heterocycles. The van der Waals surface area contributed by atoms with Gasteiger partial charge in [0.05, 0.1) is 12.0 Å². The average molecular weight is 356 g/mol. The van der Waals surface area contributed by atoms with E-state index in [9.17, 15) is 15.0 Å². The lowest BCUT2D eigenvalue weighted by molar-refractivity contribution is -0.145. The van der Waals surface area contributed by atoms with Crippen LogP contribution < -0.4 is 0 Å². The number of carboxylic acids is 1. The molecule has 0 saturated carbocycles. The maximum Gasteiger partial charge on any atom is 0.306 e. The Balaban J connectivity index is 2.06. The SMILES string of the molecule is CC1CC(C(=O)O)CC(C)N1CC(O)c1ccccc1Br. The second kappa shape index (κ2) is 6.90. The van der Waals surface area contributed by atoms with Crippen molar-refractivity contribution in [2.45, 2.75) is 44.9 Å². The number of hydrogen-bond acceptors (Lipinski definition) is 3. The minimum atomic E-state index is -0.709. The first kappa shape index (κ1) is 16.5. The third-order valence-electron chi connectivity index (χ3n) is 4.38. The number of aliphatic carboxylic acids is 1. The first-order chi connectivity index (χ1) is 9.90. The van der Waals surface area contributed by atoms with Crippen LogP contribution in [0.4, 0.5) is 0 Å². The molecular weight excluding hydrogens is 334 g/mol. The molecule has 1 aromatic carbocycles. The largest absolute Gasteiger partial charge is 0.481 e. The van der Waals surface area contributed by atoms with Gasteiger partial charge in [0.15, 0.2) is 0 Å². The molecule has 1 saturated heterocycles. The van der Waals surface area contributed by atoms with Crippen LogP contribution in [0.3, 0.4) is 0 Å². The van der Waals surface area contributed by atoms with Crippen LogP contribution in [0, 0.1) is 5.92 Å². The van der Waals surface area contributed by atoms with E-state index in [1.165, 1.54) is 0 Å². The molecule has 0 radical (unpaired) electrons. The Morgan fingerprint density at radius 1 is 1.33 bits per heavy atom. The van der Waals surface area contributed by atoms with Crippen molar-refractivity contribution in [2.24, 2.45) is 5.92 Å². The number of benzene rings is 1. The summed E-state index contributed by atoms with van der Waals surface area (Å²) in [6.45, 7) is 4.61. The number of rotatable bonds is 4. The Labute approximate surface area is 133 Å². The van der Waals surface area contributed by atoms with Crippen molar-refractivity contribution in [3.8, 4) is 0 Å². The first-order valence-corrected chi connectivity index (χ1v) is 8.10. The summed E-state index contributed by atoms with van der Waals surface area (Å²) in [4.78, 5) is 13.4. The molecular formula is C16H22BrNO3. The van der Waals surface area contributed by atoms with Gasteiger partial charge in [0.25, 0.3) is 0 Å². The highest BCUT2D eigenvalue weighted by Crippen LogP contribution is 2.31. The lowest BCUT2D eigenvalue weighted by Crippen LogP contribution is -2.49. The molecule has 116 valence electrons. The molecule has 1 aliphatic heterocycles. The normalized spacial score (nSPS) is 28.3. The Morgan fingerprint density at radius 3 is 2.43 bits per heavy atom. The Morgan fingerprint density at radius 2 is 1.90 bits per heavy atom. The van der Waals surface area contributed by atoms with Gasteiger partial charge in [-0.15, -0.1) is 0 Å². The van der Waals surface area contributed by atoms with E-state index in [0.717, 1.165) is 10.0 Å². The zero-order chi connectivity index (χ0) is 15.6. The molecule has 0 amide bonds. The quantitative estimate of drug-likeness (QED) is 0.871. The van der Waals surface area contributed by atoms with Crippen molar-refractivity contribution < 1.29 is 15.0 Å². The lowest BCUT2D eigenvalue weighted by Gasteiger charge is -2.42. The second-order valence-electron chi connectivity index (χ2n) is 5.94. The molecule has 2 N–H and O–H groups in total. The number of carbonyl (C=O) groups is 1. The highest BCUT2D eigenvalue weighted by Gasteiger charge is 2.35. The van der Waals surface area contributed by atoms with Gasteiger partial charge in [-0.3, -0.25) is 9.69 Å². The summed E-state index contributed by atoms with van der Waals surface area (Å²) < 4.78 is 0.901. The van der Waals surface area contributed by atoms with Crippen molar-refractivity contribution in [2.75, 3.05) is 6.54 Å². The van der Waals surface area contributed by atoms with Crippen LogP contribution in [-0.2, 0) is 4.79 Å². The third kappa shape index (κ3) is 3.84. The molecule has 0 bridgehead atoms. The zero-order valence-corrected chi connectivity index (χ0v) is 14.0. The maximum absolute atomic E-state index is 11.2. The fraction of sp³-hybridized carbons (Fsp3) is 0.562. The molecule has 1 aliphatic rings. The molecule has 4 nitrogen and oxygen atoms in total. The number of carboxylic acid groups (broad SMARTS) is 1. The van der Waals surface area contributed by atoms with Crippen LogP contribution in [0.5, 0.6) is 0 Å². The van der Waals surface area contributed by atoms with Crippen LogP contribution in [-0.4, -0.2) is 39.7 Å². The van der Waals surface area contributed by atoms with E-state index in [1.807, 2.05) is 38.1 Å². The summed E-state index contributed by atoms with van der Waals surface area (Å²) in [5.41, 5.74) is 0.872. The number of β-amino-alcohol motifs (C(OH)–C–C–N with tert-alkyl or cyclic N) is 1. The van der Waals surface area contributed by atoms with Crippen LogP contribution in [0.25, 0.3) is 0 Å². The Bertz CT molecular complexity index is 496. The minimum absolute atomic E-state index is 0.159. The predicted octanol–water partition coefficient (Wildman–Crippen LogP) is 3.06. The molecule has 1 fully saturated rings. The van der Waals surface area contributed by atoms with E-state index >= 15 is 0 Å². The monoisotopic (exact) mass is 355 g/mol. The van der Waals surface area contributed by atoms with Gasteiger partial charge < -0.3 is 10.2 Å². The van der Waals surface area contributed by atoms with E-state index in [1.54, 1.807) is 0 Å². The number of piperidine rings is 1. The van der Waals surface area contributed by atoms with Crippen LogP contribution in [0.15, 0.2) is 28.7 Å². The topological polar surface area (TPSA) is 60.8 Å². The summed E-state index contributed by atoms with van der Waals surface area (Å²) in [7, 11) is 0. The molecule has 2 rings (SSSR count). The van der Waals surface area contributed by atoms with Crippen molar-refractivity contribution >= 4 is 21.9 Å². The van der Waals surface area contributed by atoms with E-state index < -0.39 is 12.1 Å². The van der Waals surface area contributed by atoms with Crippen molar-refractivity contribution in [3.05, 3.63) is 34.3 Å². The van der Waals surface area contributed by atoms with Crippen molar-refractivity contribution in [1.82, 2.24) is 4.90 Å². The highest BCUT2D eigenvalue weighted by atomic mass is 79.9. The van der Waals surface area contributed by atoms with E-state index in [2.05, 4.69) is 20.8 Å². The summed E-state index contributed by atoms with van der Waals surface area (Å²) in [6.07, 6.45) is 0.705. The van der Waals surface area contributed by atoms with Gasteiger partial charge in [-0.1, -0.05) is 34.1 Å². The molecule has 0 spiro atoms. The summed E-state index contributed by atoms with van der Waals surface area (Å²) in [5.74, 6) is -0.980. The fourth-order valence-electron chi connectivity index (χ4n) is 3.23. The Kier molecular flexibility index (Phi) is 5.41. The summed E-state index contributed by atoms with van der Waals surface area (Å²) in [5, 5.41) is 19.7. The van der Waals surface area contributed by atoms with Gasteiger partial charge in [-0.2, -0.15) is 0 Å². The lowest BCUT2D eigenvalue weighted by atomic mass is 9.86. The highest BCUT2D eigenvalue weighted by molar-refractivity contribution is 9.10. The molecule has 0 aliphatic carbocycles. The molecule has 3 atom stereocenters. The molecule has 21 heavy (non-hydrogen) atoms. The Hall–Kier alpha value is -0.910. The van der Waals surface area contributed by atoms with E-state index in [0.29, 0.717) is 19.4 Å². The van der Waals surface area contributed by atoms with Crippen molar-refractivity contribution in [3.63, 3.8) is 0 Å². The molecule has 1 aromatic rings. The van der Waals surface area contributed by atoms with Gasteiger partial charge in [-0.05, 0) is 38.3 Å². The smallest absolute Gasteiger partial charge is 0.306 e. The van der Waals surface area contributed by atoms with Crippen LogP contribution in [0.1, 0.15) is 38.4 Å². The molecule has 5 heteroatoms. The zero-order valence-electron chi connectivity index (χ0n) is 12.4. The number of aliphatic hydroxyl groups is 1. The second-order valence-corrected chi connectivity index (χ2v) is 6.79. The first-order valence-electron chi connectivity index (χ1n) is 7.31. The maximum atomic E-state index is 11.2. The minimum Gasteiger partial charge on any atom is -0.481 e. The number of hydrogen-bond donors (Lipinski definition) is 2. The molecule has 0 aromatic heterocycles. The number of nitrogens with zero attached hydrogens (tertiary/aromatic N) is 1. The van der Waals surface area contributed by atoms with E-state index in [4.69, 9.17) is 0 Å². The van der Waals surface area contributed by atoms with Gasteiger partial charge in [0, 0.05) is 23.1 Å². The predicted molar refractivity (Wildman–Crippen MR) is 85.1 cm³/mol. The number of aliphatic hydroxyl groups excluding tert-OH is 1. The van der Waals surface area contributed by atoms with Gasteiger partial charge in [-0.25, -0.2) is 0 Å². The molecule has 3 unspecified atom stereocenters. The fourth-order valence-corrected chi connectivity index (χ4v) is 3.78. The number of halogens is 1. The summed E-state index contributed by atoms with van der Waals surface area (Å²) in [6, 6.07) is 7.98. The van der Waals surface area contributed by atoms with Gasteiger partial charge in [0.1, 0.15) is 0 Å². The van der Waals surface area contributed by atoms with Crippen LogP contribution >= 0.6 is 15.9 Å².